The van der Waals surface area contributed by atoms with Gasteiger partial charge in [-0.3, -0.25) is 9.48 Å². The molecule has 25 heavy (non-hydrogen) atoms. The average Bonchev–Trinajstić information content (AvgIpc) is 3.19. The summed E-state index contributed by atoms with van der Waals surface area (Å²) in [6.45, 7) is 3.48. The lowest BCUT2D eigenvalue weighted by molar-refractivity contribution is 0.0686. The topological polar surface area (TPSA) is 80.3 Å². The van der Waals surface area contributed by atoms with E-state index in [1.54, 1.807) is 9.58 Å². The molecule has 1 aliphatic rings. The second-order valence-corrected chi connectivity index (χ2v) is 6.96. The summed E-state index contributed by atoms with van der Waals surface area (Å²) in [7, 11) is 5.61. The van der Waals surface area contributed by atoms with Crippen molar-refractivity contribution >= 4 is 11.9 Å². The van der Waals surface area contributed by atoms with Gasteiger partial charge < -0.3 is 14.3 Å². The first-order valence-electron chi connectivity index (χ1n) is 8.73. The van der Waals surface area contributed by atoms with Gasteiger partial charge in [0, 0.05) is 46.9 Å². The molecule has 0 aromatic carbocycles. The summed E-state index contributed by atoms with van der Waals surface area (Å²) in [5.74, 6) is 1.45. The van der Waals surface area contributed by atoms with Gasteiger partial charge in [0.1, 0.15) is 0 Å². The Balaban J connectivity index is 1.48. The molecule has 136 valence electrons. The zero-order chi connectivity index (χ0) is 18.0. The van der Waals surface area contributed by atoms with Gasteiger partial charge in [-0.15, -0.1) is 0 Å². The molecular formula is C17H26N6O2. The van der Waals surface area contributed by atoms with Crippen molar-refractivity contribution in [1.29, 1.82) is 0 Å². The van der Waals surface area contributed by atoms with Gasteiger partial charge in [0.05, 0.1) is 11.3 Å². The van der Waals surface area contributed by atoms with Crippen LogP contribution in [0.2, 0.25) is 0 Å². The molecule has 1 fully saturated rings. The predicted octanol–water partition coefficient (Wildman–Crippen LogP) is 1.66. The fourth-order valence-corrected chi connectivity index (χ4v) is 3.27. The van der Waals surface area contributed by atoms with E-state index in [0.717, 1.165) is 50.3 Å². The average molecular weight is 346 g/mol. The first kappa shape index (κ1) is 17.4. The van der Waals surface area contributed by atoms with Gasteiger partial charge in [-0.1, -0.05) is 5.16 Å². The van der Waals surface area contributed by atoms with E-state index in [1.807, 2.05) is 39.2 Å². The number of rotatable bonds is 5. The van der Waals surface area contributed by atoms with Crippen LogP contribution in [-0.2, 0) is 13.5 Å². The van der Waals surface area contributed by atoms with Crippen LogP contribution in [0, 0.1) is 12.8 Å². The lowest BCUT2D eigenvalue weighted by atomic mass is 9.92. The van der Waals surface area contributed by atoms with E-state index in [1.165, 1.54) is 0 Å². The fourth-order valence-electron chi connectivity index (χ4n) is 3.27. The molecule has 8 heteroatoms. The number of likely N-dealkylation sites (tertiary alicyclic amines) is 1. The highest BCUT2D eigenvalue weighted by atomic mass is 16.5. The van der Waals surface area contributed by atoms with Gasteiger partial charge in [-0.2, -0.15) is 10.1 Å². The molecule has 3 heterocycles. The van der Waals surface area contributed by atoms with Crippen LogP contribution in [0.3, 0.4) is 0 Å². The molecule has 0 atom stereocenters. The fraction of sp³-hybridized carbons (Fsp3) is 0.647. The summed E-state index contributed by atoms with van der Waals surface area (Å²) >= 11 is 0. The number of piperidine rings is 1. The monoisotopic (exact) mass is 346 g/mol. The van der Waals surface area contributed by atoms with E-state index in [-0.39, 0.29) is 5.91 Å². The van der Waals surface area contributed by atoms with Crippen LogP contribution in [0.25, 0.3) is 0 Å². The summed E-state index contributed by atoms with van der Waals surface area (Å²) in [5, 5.41) is 8.28. The molecular weight excluding hydrogens is 320 g/mol. The Hall–Kier alpha value is -2.38. The largest absolute Gasteiger partial charge is 0.339 e. The lowest BCUT2D eigenvalue weighted by Crippen LogP contribution is -2.38. The molecule has 0 spiro atoms. The molecule has 8 nitrogen and oxygen atoms in total. The molecule has 1 saturated heterocycles. The van der Waals surface area contributed by atoms with Crippen LogP contribution in [0.15, 0.2) is 10.7 Å². The second-order valence-electron chi connectivity index (χ2n) is 6.96. The van der Waals surface area contributed by atoms with Crippen molar-refractivity contribution in [1.82, 2.24) is 24.8 Å². The van der Waals surface area contributed by atoms with Gasteiger partial charge in [-0.05, 0) is 32.1 Å². The molecule has 0 aliphatic carbocycles. The number of carbonyl (C=O) groups excluding carboxylic acids is 1. The maximum Gasteiger partial charge on any atom is 0.323 e. The van der Waals surface area contributed by atoms with Crippen molar-refractivity contribution in [2.45, 2.75) is 32.6 Å². The maximum atomic E-state index is 12.6. The van der Waals surface area contributed by atoms with Crippen LogP contribution in [0.4, 0.5) is 6.01 Å². The Morgan fingerprint density at radius 3 is 2.64 bits per heavy atom. The summed E-state index contributed by atoms with van der Waals surface area (Å²) in [6.07, 6.45) is 5.69. The van der Waals surface area contributed by atoms with Crippen LogP contribution >= 0.6 is 0 Å². The molecule has 0 unspecified atom stereocenters. The van der Waals surface area contributed by atoms with Crippen molar-refractivity contribution < 1.29 is 9.32 Å². The SMILES string of the molecule is Cc1nn(C)cc1C(=O)N1CCC(CCc2noc(N(C)C)n2)CC1. The summed E-state index contributed by atoms with van der Waals surface area (Å²) in [5.41, 5.74) is 1.51. The number of hydrogen-bond acceptors (Lipinski definition) is 6. The molecule has 0 N–H and O–H groups in total. The smallest absolute Gasteiger partial charge is 0.323 e. The summed E-state index contributed by atoms with van der Waals surface area (Å²) < 4.78 is 6.88. The standard InChI is InChI=1S/C17H26N6O2/c1-12-14(11-22(4)19-12)16(24)23-9-7-13(8-10-23)5-6-15-18-17(21(2)3)25-20-15/h11,13H,5-10H2,1-4H3. The first-order chi connectivity index (χ1) is 11.9. The van der Waals surface area contributed by atoms with E-state index in [4.69, 9.17) is 4.52 Å². The van der Waals surface area contributed by atoms with Crippen molar-refractivity contribution in [3.8, 4) is 0 Å². The minimum Gasteiger partial charge on any atom is -0.339 e. The number of aromatic nitrogens is 4. The Kier molecular flexibility index (Phi) is 5.06. The van der Waals surface area contributed by atoms with Gasteiger partial charge in [0.2, 0.25) is 0 Å². The third kappa shape index (κ3) is 4.00. The molecule has 2 aromatic heterocycles. The van der Waals surface area contributed by atoms with Crippen molar-refractivity contribution in [3.63, 3.8) is 0 Å². The minimum absolute atomic E-state index is 0.0952. The zero-order valence-electron chi connectivity index (χ0n) is 15.4. The second kappa shape index (κ2) is 7.25. The maximum absolute atomic E-state index is 12.6. The predicted molar refractivity (Wildman–Crippen MR) is 93.5 cm³/mol. The van der Waals surface area contributed by atoms with Crippen LogP contribution in [0.5, 0.6) is 0 Å². The van der Waals surface area contributed by atoms with Crippen molar-refractivity contribution in [2.75, 3.05) is 32.1 Å². The highest BCUT2D eigenvalue weighted by molar-refractivity contribution is 5.95. The zero-order valence-corrected chi connectivity index (χ0v) is 15.4. The molecule has 1 amide bonds. The quantitative estimate of drug-likeness (QED) is 0.819. The minimum atomic E-state index is 0.0952. The third-order valence-corrected chi connectivity index (χ3v) is 4.76. The number of aryl methyl sites for hydroxylation is 3. The van der Waals surface area contributed by atoms with E-state index in [2.05, 4.69) is 15.2 Å². The number of hydrogen-bond donors (Lipinski definition) is 0. The van der Waals surface area contributed by atoms with Crippen LogP contribution < -0.4 is 4.90 Å². The summed E-state index contributed by atoms with van der Waals surface area (Å²) in [4.78, 5) is 20.7. The Bertz CT molecular complexity index is 727. The molecule has 3 rings (SSSR count). The normalized spacial score (nSPS) is 15.6. The van der Waals surface area contributed by atoms with Gasteiger partial charge in [-0.25, -0.2) is 0 Å². The van der Waals surface area contributed by atoms with Crippen molar-refractivity contribution in [3.05, 3.63) is 23.3 Å². The Morgan fingerprint density at radius 2 is 2.08 bits per heavy atom. The van der Waals surface area contributed by atoms with E-state index in [9.17, 15) is 4.79 Å². The van der Waals surface area contributed by atoms with Gasteiger partial charge in [0.15, 0.2) is 5.82 Å². The van der Waals surface area contributed by atoms with E-state index < -0.39 is 0 Å². The molecule has 0 bridgehead atoms. The highest BCUT2D eigenvalue weighted by Gasteiger charge is 2.25. The number of nitrogens with zero attached hydrogens (tertiary/aromatic N) is 6. The van der Waals surface area contributed by atoms with Crippen molar-refractivity contribution in [2.24, 2.45) is 13.0 Å². The summed E-state index contributed by atoms with van der Waals surface area (Å²) in [6, 6.07) is 0.544. The lowest BCUT2D eigenvalue weighted by Gasteiger charge is -2.31. The van der Waals surface area contributed by atoms with E-state index >= 15 is 0 Å². The molecule has 1 aliphatic heterocycles. The van der Waals surface area contributed by atoms with Gasteiger partial charge >= 0.3 is 6.01 Å². The Morgan fingerprint density at radius 1 is 1.36 bits per heavy atom. The Labute approximate surface area is 147 Å². The van der Waals surface area contributed by atoms with Crippen LogP contribution in [-0.4, -0.2) is 57.9 Å². The number of carbonyl (C=O) groups is 1. The van der Waals surface area contributed by atoms with E-state index in [0.29, 0.717) is 17.5 Å². The number of anilines is 1. The van der Waals surface area contributed by atoms with Crippen LogP contribution in [0.1, 0.15) is 41.1 Å². The first-order valence-corrected chi connectivity index (χ1v) is 8.73. The number of amides is 1. The van der Waals surface area contributed by atoms with Gasteiger partial charge in [0.25, 0.3) is 5.91 Å². The molecule has 2 aromatic rings. The highest BCUT2D eigenvalue weighted by Crippen LogP contribution is 2.24. The molecule has 0 radical (unpaired) electrons. The molecule has 0 saturated carbocycles. The third-order valence-electron chi connectivity index (χ3n) is 4.76.